The van der Waals surface area contributed by atoms with Gasteiger partial charge in [0.2, 0.25) is 5.91 Å². The van der Waals surface area contributed by atoms with Crippen LogP contribution in [-0.4, -0.2) is 56.5 Å². The largest absolute Gasteiger partial charge is 0.508 e. The number of carbonyl (C=O) groups is 1. The molecule has 1 N–H and O–H groups in total. The Kier molecular flexibility index (Phi) is 5.23. The molecular weight excluding hydrogens is 402 g/mol. The maximum atomic E-state index is 11.7. The van der Waals surface area contributed by atoms with Gasteiger partial charge in [0.1, 0.15) is 5.75 Å². The van der Waals surface area contributed by atoms with Gasteiger partial charge in [0.15, 0.2) is 11.5 Å². The van der Waals surface area contributed by atoms with Crippen LogP contribution in [0.15, 0.2) is 67.0 Å². The smallest absolute Gasteiger partial charge is 0.219 e. The second kappa shape index (κ2) is 8.34. The maximum absolute atomic E-state index is 11.7. The molecule has 7 nitrogen and oxygen atoms in total. The number of imidazole rings is 1. The molecule has 4 aromatic rings. The monoisotopic (exact) mass is 427 g/mol. The molecule has 32 heavy (non-hydrogen) atoms. The van der Waals surface area contributed by atoms with E-state index in [2.05, 4.69) is 26.4 Å². The van der Waals surface area contributed by atoms with Gasteiger partial charge in [0.25, 0.3) is 0 Å². The number of anilines is 1. The highest BCUT2D eigenvalue weighted by atomic mass is 16.3. The van der Waals surface area contributed by atoms with Crippen LogP contribution < -0.4 is 4.90 Å². The highest BCUT2D eigenvalue weighted by molar-refractivity contribution is 5.76. The SMILES string of the molecule is CC(=O)N1CCN(c2nccn3c(-c4ccc(O)cc4)c(Cc4ccccc4)nc23)CC1. The number of amides is 1. The van der Waals surface area contributed by atoms with E-state index in [4.69, 9.17) is 4.98 Å². The van der Waals surface area contributed by atoms with Gasteiger partial charge in [-0.15, -0.1) is 0 Å². The molecule has 0 saturated carbocycles. The fourth-order valence-corrected chi connectivity index (χ4v) is 4.30. The molecule has 1 fully saturated rings. The Hall–Kier alpha value is -3.87. The third-order valence-corrected chi connectivity index (χ3v) is 5.98. The number of nitrogens with zero attached hydrogens (tertiary/aromatic N) is 5. The average molecular weight is 428 g/mol. The van der Waals surface area contributed by atoms with E-state index in [9.17, 15) is 9.90 Å². The van der Waals surface area contributed by atoms with E-state index in [-0.39, 0.29) is 11.7 Å². The Labute approximate surface area is 186 Å². The lowest BCUT2D eigenvalue weighted by molar-refractivity contribution is -0.129. The molecule has 2 aromatic carbocycles. The summed E-state index contributed by atoms with van der Waals surface area (Å²) in [4.78, 5) is 25.5. The third-order valence-electron chi connectivity index (χ3n) is 5.98. The van der Waals surface area contributed by atoms with Crippen LogP contribution in [-0.2, 0) is 11.2 Å². The topological polar surface area (TPSA) is 74.0 Å². The highest BCUT2D eigenvalue weighted by Crippen LogP contribution is 2.31. The van der Waals surface area contributed by atoms with Crippen molar-refractivity contribution in [1.82, 2.24) is 19.3 Å². The molecule has 2 aromatic heterocycles. The Morgan fingerprint density at radius 3 is 2.41 bits per heavy atom. The van der Waals surface area contributed by atoms with E-state index in [0.717, 1.165) is 41.5 Å². The summed E-state index contributed by atoms with van der Waals surface area (Å²) in [5.41, 5.74) is 4.92. The predicted molar refractivity (Wildman–Crippen MR) is 124 cm³/mol. The number of benzene rings is 2. The molecular formula is C25H25N5O2. The first-order valence-electron chi connectivity index (χ1n) is 10.8. The second-order valence-corrected chi connectivity index (χ2v) is 8.05. The van der Waals surface area contributed by atoms with Crippen molar-refractivity contribution >= 4 is 17.4 Å². The van der Waals surface area contributed by atoms with Crippen molar-refractivity contribution in [1.29, 1.82) is 0 Å². The van der Waals surface area contributed by atoms with E-state index >= 15 is 0 Å². The van der Waals surface area contributed by atoms with Crippen molar-refractivity contribution in [2.75, 3.05) is 31.1 Å². The first-order chi connectivity index (χ1) is 15.6. The van der Waals surface area contributed by atoms with Crippen LogP contribution in [0.2, 0.25) is 0 Å². The van der Waals surface area contributed by atoms with Gasteiger partial charge in [-0.05, 0) is 29.8 Å². The third kappa shape index (κ3) is 3.77. The molecule has 1 saturated heterocycles. The van der Waals surface area contributed by atoms with E-state index in [1.54, 1.807) is 25.3 Å². The van der Waals surface area contributed by atoms with Crippen molar-refractivity contribution in [2.24, 2.45) is 0 Å². The highest BCUT2D eigenvalue weighted by Gasteiger charge is 2.24. The van der Waals surface area contributed by atoms with Gasteiger partial charge in [-0.2, -0.15) is 0 Å². The summed E-state index contributed by atoms with van der Waals surface area (Å²) in [6, 6.07) is 17.5. The van der Waals surface area contributed by atoms with Crippen molar-refractivity contribution in [3.05, 3.63) is 78.2 Å². The lowest BCUT2D eigenvalue weighted by atomic mass is 10.0. The number of phenolic OH excluding ortho intramolecular Hbond substituents is 1. The molecule has 162 valence electrons. The average Bonchev–Trinajstić information content (AvgIpc) is 3.18. The Morgan fingerprint density at radius 2 is 1.72 bits per heavy atom. The van der Waals surface area contributed by atoms with Gasteiger partial charge in [-0.3, -0.25) is 9.20 Å². The molecule has 0 aliphatic carbocycles. The number of phenols is 1. The van der Waals surface area contributed by atoms with Gasteiger partial charge in [-0.25, -0.2) is 9.97 Å². The molecule has 0 spiro atoms. The summed E-state index contributed by atoms with van der Waals surface area (Å²) >= 11 is 0. The zero-order chi connectivity index (χ0) is 22.1. The molecule has 0 radical (unpaired) electrons. The summed E-state index contributed by atoms with van der Waals surface area (Å²) in [7, 11) is 0. The van der Waals surface area contributed by atoms with E-state index in [1.165, 1.54) is 5.56 Å². The molecule has 0 bridgehead atoms. The number of fused-ring (bicyclic) bond motifs is 1. The minimum Gasteiger partial charge on any atom is -0.508 e. The van der Waals surface area contributed by atoms with Gasteiger partial charge in [-0.1, -0.05) is 30.3 Å². The summed E-state index contributed by atoms with van der Waals surface area (Å²) in [6.07, 6.45) is 4.43. The van der Waals surface area contributed by atoms with Crippen LogP contribution in [0.1, 0.15) is 18.2 Å². The predicted octanol–water partition coefficient (Wildman–Crippen LogP) is 3.36. The molecule has 3 heterocycles. The normalized spacial score (nSPS) is 14.2. The van der Waals surface area contributed by atoms with Gasteiger partial charge >= 0.3 is 0 Å². The van der Waals surface area contributed by atoms with Crippen LogP contribution in [0.4, 0.5) is 5.82 Å². The van der Waals surface area contributed by atoms with Crippen molar-refractivity contribution in [2.45, 2.75) is 13.3 Å². The standard InChI is InChI=1S/C25H25N5O2/c1-18(31)28-13-15-29(16-14-28)24-25-27-22(17-19-5-3-2-4-6-19)23(30(25)12-11-26-24)20-7-9-21(32)10-8-20/h2-12,32H,13-17H2,1H3. The van der Waals surface area contributed by atoms with Crippen LogP contribution >= 0.6 is 0 Å². The Morgan fingerprint density at radius 1 is 1.00 bits per heavy atom. The zero-order valence-electron chi connectivity index (χ0n) is 18.0. The summed E-state index contributed by atoms with van der Waals surface area (Å²) in [5, 5.41) is 9.78. The molecule has 0 atom stereocenters. The van der Waals surface area contributed by atoms with Crippen molar-refractivity contribution in [3.63, 3.8) is 0 Å². The maximum Gasteiger partial charge on any atom is 0.219 e. The van der Waals surface area contributed by atoms with Gasteiger partial charge < -0.3 is 14.9 Å². The van der Waals surface area contributed by atoms with Crippen LogP contribution in [0.3, 0.4) is 0 Å². The van der Waals surface area contributed by atoms with Crippen molar-refractivity contribution in [3.8, 4) is 17.0 Å². The number of aromatic hydroxyl groups is 1. The summed E-state index contributed by atoms with van der Waals surface area (Å²) < 4.78 is 2.09. The minimum absolute atomic E-state index is 0.108. The lowest BCUT2D eigenvalue weighted by Gasteiger charge is -2.34. The number of carbonyl (C=O) groups excluding carboxylic acids is 1. The molecule has 0 unspecified atom stereocenters. The number of hydrogen-bond acceptors (Lipinski definition) is 5. The quantitative estimate of drug-likeness (QED) is 0.541. The van der Waals surface area contributed by atoms with E-state index in [1.807, 2.05) is 41.4 Å². The molecule has 1 aliphatic heterocycles. The van der Waals surface area contributed by atoms with E-state index < -0.39 is 0 Å². The fraction of sp³-hybridized carbons (Fsp3) is 0.240. The first kappa shape index (κ1) is 20.1. The van der Waals surface area contributed by atoms with Gasteiger partial charge in [0.05, 0.1) is 11.4 Å². The van der Waals surface area contributed by atoms with Gasteiger partial charge in [0, 0.05) is 57.5 Å². The first-order valence-corrected chi connectivity index (χ1v) is 10.8. The Balaban J connectivity index is 1.60. The number of hydrogen-bond donors (Lipinski definition) is 1. The van der Waals surface area contributed by atoms with Crippen LogP contribution in [0, 0.1) is 0 Å². The Bertz CT molecular complexity index is 1240. The molecule has 7 heteroatoms. The fourth-order valence-electron chi connectivity index (χ4n) is 4.30. The number of aromatic nitrogens is 3. The summed E-state index contributed by atoms with van der Waals surface area (Å²) in [6.45, 7) is 4.42. The number of rotatable bonds is 4. The number of piperazine rings is 1. The van der Waals surface area contributed by atoms with Crippen LogP contribution in [0.5, 0.6) is 5.75 Å². The molecule has 1 aliphatic rings. The lowest BCUT2D eigenvalue weighted by Crippen LogP contribution is -2.48. The van der Waals surface area contributed by atoms with Crippen LogP contribution in [0.25, 0.3) is 16.9 Å². The molecule has 1 amide bonds. The minimum atomic E-state index is 0.108. The zero-order valence-corrected chi connectivity index (χ0v) is 18.0. The summed E-state index contributed by atoms with van der Waals surface area (Å²) in [5.74, 6) is 1.17. The van der Waals surface area contributed by atoms with E-state index in [0.29, 0.717) is 19.5 Å². The van der Waals surface area contributed by atoms with Crippen molar-refractivity contribution < 1.29 is 9.90 Å². The molecule has 5 rings (SSSR count). The second-order valence-electron chi connectivity index (χ2n) is 8.05.